The van der Waals surface area contributed by atoms with Gasteiger partial charge in [0.2, 0.25) is 0 Å². The number of nitrogens with zero attached hydrogens (tertiary/aromatic N) is 1. The van der Waals surface area contributed by atoms with Gasteiger partial charge in [-0.3, -0.25) is 0 Å². The number of quaternary nitrogens is 1. The van der Waals surface area contributed by atoms with Gasteiger partial charge in [0, 0.05) is 0 Å². The van der Waals surface area contributed by atoms with E-state index in [9.17, 15) is 0 Å². The van der Waals surface area contributed by atoms with Crippen LogP contribution in [0.4, 0.5) is 0 Å². The van der Waals surface area contributed by atoms with Gasteiger partial charge in [0.05, 0.1) is 26.2 Å². The van der Waals surface area contributed by atoms with Gasteiger partial charge < -0.3 is 4.48 Å². The van der Waals surface area contributed by atoms with Crippen LogP contribution in [-0.2, 0) is 0 Å². The lowest BCUT2D eigenvalue weighted by molar-refractivity contribution is -0.932. The summed E-state index contributed by atoms with van der Waals surface area (Å²) in [5.41, 5.74) is 0. The van der Waals surface area contributed by atoms with Crippen LogP contribution in [0.3, 0.4) is 0 Å². The molecule has 0 aromatic rings. The van der Waals surface area contributed by atoms with Gasteiger partial charge >= 0.3 is 0 Å². The van der Waals surface area contributed by atoms with Crippen LogP contribution in [0.2, 0.25) is 0 Å². The van der Waals surface area contributed by atoms with E-state index in [4.69, 9.17) is 0 Å². The van der Waals surface area contributed by atoms with Crippen molar-refractivity contribution in [2.45, 2.75) is 46.0 Å². The Hall–Kier alpha value is -0.0400. The summed E-state index contributed by atoms with van der Waals surface area (Å²) >= 11 is 0. The van der Waals surface area contributed by atoms with Crippen LogP contribution in [0.1, 0.15) is 46.0 Å². The van der Waals surface area contributed by atoms with E-state index in [0.717, 1.165) is 0 Å². The summed E-state index contributed by atoms with van der Waals surface area (Å²) in [6.07, 6.45) is 7.15. The van der Waals surface area contributed by atoms with Crippen molar-refractivity contribution in [1.82, 2.24) is 0 Å². The highest BCUT2D eigenvalue weighted by atomic mass is 15.3. The Bertz CT molecular complexity index is 98.7. The maximum Gasteiger partial charge on any atom is 0.0786 e. The minimum atomic E-state index is 1.36. The summed E-state index contributed by atoms with van der Waals surface area (Å²) in [6, 6.07) is 0. The van der Waals surface area contributed by atoms with Crippen LogP contribution in [0.5, 0.6) is 0 Å². The Labute approximate surface area is 77.4 Å². The average molecular weight is 170 g/mol. The molecule has 0 amide bonds. The maximum atomic E-state index is 2.32. The Kier molecular flexibility index (Phi) is 4.07. The van der Waals surface area contributed by atoms with Crippen molar-refractivity contribution in [3.8, 4) is 0 Å². The second-order valence-electron chi connectivity index (χ2n) is 4.30. The summed E-state index contributed by atoms with van der Waals surface area (Å²) in [5, 5.41) is 0. The normalized spacial score (nSPS) is 22.5. The molecule has 1 heteroatoms. The summed E-state index contributed by atoms with van der Waals surface area (Å²) < 4.78 is 1.44. The molecule has 0 radical (unpaired) electrons. The van der Waals surface area contributed by atoms with Crippen molar-refractivity contribution in [3.63, 3.8) is 0 Å². The second-order valence-corrected chi connectivity index (χ2v) is 4.30. The van der Waals surface area contributed by atoms with Gasteiger partial charge in [-0.2, -0.15) is 0 Å². The van der Waals surface area contributed by atoms with Gasteiger partial charge in [0.25, 0.3) is 0 Å². The van der Waals surface area contributed by atoms with Crippen molar-refractivity contribution in [2.75, 3.05) is 26.2 Å². The standard InChI is InChI=1S/C11H24N/c1-3-8-12(9-4-2)10-6-5-7-11-12/h3-11H2,1-2H3/q+1. The molecule has 1 saturated heterocycles. The summed E-state index contributed by atoms with van der Waals surface area (Å²) in [6.45, 7) is 10.4. The lowest BCUT2D eigenvalue weighted by Crippen LogP contribution is -2.52. The van der Waals surface area contributed by atoms with Gasteiger partial charge in [-0.25, -0.2) is 0 Å². The lowest BCUT2D eigenvalue weighted by atomic mass is 10.1. The van der Waals surface area contributed by atoms with Crippen LogP contribution in [-0.4, -0.2) is 30.7 Å². The highest BCUT2D eigenvalue weighted by Crippen LogP contribution is 2.19. The predicted molar refractivity (Wildman–Crippen MR) is 54.2 cm³/mol. The first kappa shape index (κ1) is 10.0. The van der Waals surface area contributed by atoms with E-state index in [2.05, 4.69) is 13.8 Å². The second kappa shape index (κ2) is 4.86. The molecule has 72 valence electrons. The molecular weight excluding hydrogens is 146 g/mol. The topological polar surface area (TPSA) is 0 Å². The van der Waals surface area contributed by atoms with E-state index in [-0.39, 0.29) is 0 Å². The number of hydrogen-bond acceptors (Lipinski definition) is 0. The minimum absolute atomic E-state index is 1.36. The highest BCUT2D eigenvalue weighted by molar-refractivity contribution is 4.53. The zero-order chi connectivity index (χ0) is 8.86. The summed E-state index contributed by atoms with van der Waals surface area (Å²) in [5.74, 6) is 0. The van der Waals surface area contributed by atoms with Crippen molar-refractivity contribution in [1.29, 1.82) is 0 Å². The molecule has 0 saturated carbocycles. The molecule has 1 rings (SSSR count). The van der Waals surface area contributed by atoms with Gasteiger partial charge in [-0.1, -0.05) is 13.8 Å². The molecule has 0 aliphatic carbocycles. The predicted octanol–water partition coefficient (Wildman–Crippen LogP) is 2.81. The molecule has 1 nitrogen and oxygen atoms in total. The Balaban J connectivity index is 2.44. The molecule has 0 aromatic carbocycles. The molecule has 0 N–H and O–H groups in total. The van der Waals surface area contributed by atoms with Crippen molar-refractivity contribution >= 4 is 0 Å². The Morgan fingerprint density at radius 1 is 0.833 bits per heavy atom. The maximum absolute atomic E-state index is 2.32. The van der Waals surface area contributed by atoms with Crippen LogP contribution in [0.15, 0.2) is 0 Å². The van der Waals surface area contributed by atoms with E-state index >= 15 is 0 Å². The van der Waals surface area contributed by atoms with Gasteiger partial charge in [0.15, 0.2) is 0 Å². The minimum Gasteiger partial charge on any atom is -0.324 e. The first-order valence-electron chi connectivity index (χ1n) is 5.68. The fraction of sp³-hybridized carbons (Fsp3) is 1.00. The molecule has 1 aliphatic rings. The van der Waals surface area contributed by atoms with Crippen LogP contribution >= 0.6 is 0 Å². The van der Waals surface area contributed by atoms with E-state index < -0.39 is 0 Å². The highest BCUT2D eigenvalue weighted by Gasteiger charge is 2.27. The van der Waals surface area contributed by atoms with Gasteiger partial charge in [-0.15, -0.1) is 0 Å². The number of piperidine rings is 1. The molecule has 0 unspecified atom stereocenters. The fourth-order valence-electron chi connectivity index (χ4n) is 2.69. The molecule has 1 aliphatic heterocycles. The number of rotatable bonds is 4. The largest absolute Gasteiger partial charge is 0.324 e. The van der Waals surface area contributed by atoms with Crippen molar-refractivity contribution in [3.05, 3.63) is 0 Å². The Morgan fingerprint density at radius 2 is 1.33 bits per heavy atom. The number of hydrogen-bond donors (Lipinski definition) is 0. The molecular formula is C11H24N+. The molecule has 1 heterocycles. The zero-order valence-electron chi connectivity index (χ0n) is 8.81. The van der Waals surface area contributed by atoms with E-state index in [1.54, 1.807) is 0 Å². The molecule has 0 spiro atoms. The average Bonchev–Trinajstić information content (AvgIpc) is 2.07. The molecule has 0 aromatic heterocycles. The molecule has 0 bridgehead atoms. The molecule has 1 fully saturated rings. The molecule has 12 heavy (non-hydrogen) atoms. The first-order valence-corrected chi connectivity index (χ1v) is 5.68. The van der Waals surface area contributed by atoms with Gasteiger partial charge in [-0.05, 0) is 32.1 Å². The van der Waals surface area contributed by atoms with Crippen molar-refractivity contribution in [2.24, 2.45) is 0 Å². The smallest absolute Gasteiger partial charge is 0.0786 e. The van der Waals surface area contributed by atoms with Crippen LogP contribution in [0.25, 0.3) is 0 Å². The van der Waals surface area contributed by atoms with E-state index in [1.807, 2.05) is 0 Å². The molecule has 0 atom stereocenters. The van der Waals surface area contributed by atoms with Crippen molar-refractivity contribution < 1.29 is 4.48 Å². The van der Waals surface area contributed by atoms with Crippen LogP contribution in [0, 0.1) is 0 Å². The van der Waals surface area contributed by atoms with E-state index in [1.165, 1.54) is 62.8 Å². The Morgan fingerprint density at radius 3 is 1.75 bits per heavy atom. The summed E-state index contributed by atoms with van der Waals surface area (Å²) in [7, 11) is 0. The van der Waals surface area contributed by atoms with Gasteiger partial charge in [0.1, 0.15) is 0 Å². The SMILES string of the molecule is CCC[N+]1(CCC)CCCCC1. The van der Waals surface area contributed by atoms with E-state index in [0.29, 0.717) is 0 Å². The summed E-state index contributed by atoms with van der Waals surface area (Å²) in [4.78, 5) is 0. The monoisotopic (exact) mass is 170 g/mol. The zero-order valence-corrected chi connectivity index (χ0v) is 8.81. The fourth-order valence-corrected chi connectivity index (χ4v) is 2.69. The third-order valence-corrected chi connectivity index (χ3v) is 3.16. The lowest BCUT2D eigenvalue weighted by Gasteiger charge is -2.41. The third kappa shape index (κ3) is 2.48. The van der Waals surface area contributed by atoms with Crippen LogP contribution < -0.4 is 0 Å². The third-order valence-electron chi connectivity index (χ3n) is 3.16. The number of likely N-dealkylation sites (tertiary alicyclic amines) is 1. The first-order chi connectivity index (χ1) is 5.83. The quantitative estimate of drug-likeness (QED) is 0.569.